The number of halogens is 1. The summed E-state index contributed by atoms with van der Waals surface area (Å²) in [5.74, 6) is 0.683. The fourth-order valence-electron chi connectivity index (χ4n) is 4.48. The van der Waals surface area contributed by atoms with Crippen LogP contribution in [0.1, 0.15) is 40.3 Å². The van der Waals surface area contributed by atoms with Gasteiger partial charge in [0.2, 0.25) is 0 Å². The first-order valence-corrected chi connectivity index (χ1v) is 11.1. The molecule has 6 nitrogen and oxygen atoms in total. The molecule has 0 saturated carbocycles. The van der Waals surface area contributed by atoms with Gasteiger partial charge in [0, 0.05) is 24.9 Å². The highest BCUT2D eigenvalue weighted by molar-refractivity contribution is 6.33. The minimum atomic E-state index is -1.10. The quantitative estimate of drug-likeness (QED) is 0.631. The van der Waals surface area contributed by atoms with Crippen molar-refractivity contribution in [1.29, 1.82) is 0 Å². The molecule has 168 valence electrons. The minimum Gasteiger partial charge on any atom is -0.491 e. The summed E-state index contributed by atoms with van der Waals surface area (Å²) < 4.78 is 11.8. The molecular weight excluding hydrogens is 418 g/mol. The molecule has 4 atom stereocenters. The molecule has 0 amide bonds. The monoisotopic (exact) mass is 447 g/mol. The van der Waals surface area contributed by atoms with Crippen LogP contribution in [0.3, 0.4) is 0 Å². The number of hydrogen-bond donors (Lipinski definition) is 3. The zero-order chi connectivity index (χ0) is 22.1. The number of nitrogens with zero attached hydrogens (tertiary/aromatic N) is 1. The Morgan fingerprint density at radius 1 is 1.13 bits per heavy atom. The molecule has 4 rings (SSSR count). The fourth-order valence-corrected chi connectivity index (χ4v) is 4.77. The largest absolute Gasteiger partial charge is 0.491 e. The lowest BCUT2D eigenvalue weighted by Crippen LogP contribution is -2.47. The van der Waals surface area contributed by atoms with E-state index in [0.29, 0.717) is 30.2 Å². The van der Waals surface area contributed by atoms with E-state index < -0.39 is 24.4 Å². The SMILES string of the molecule is CN(C)Cc1ccc(Cc2cc(C3CC(O)[C@H](O)C(CO)O3)c3c(c2Cl)OCC3)cc1. The molecule has 0 aliphatic carbocycles. The Morgan fingerprint density at radius 2 is 1.84 bits per heavy atom. The van der Waals surface area contributed by atoms with Crippen molar-refractivity contribution in [2.75, 3.05) is 27.3 Å². The third-order valence-electron chi connectivity index (χ3n) is 6.04. The van der Waals surface area contributed by atoms with E-state index in [4.69, 9.17) is 21.1 Å². The second-order valence-electron chi connectivity index (χ2n) is 8.72. The molecule has 0 bridgehead atoms. The van der Waals surface area contributed by atoms with Gasteiger partial charge in [0.25, 0.3) is 0 Å². The van der Waals surface area contributed by atoms with E-state index in [1.807, 2.05) is 20.2 Å². The van der Waals surface area contributed by atoms with Gasteiger partial charge in [0.1, 0.15) is 18.0 Å². The average Bonchev–Trinajstić information content (AvgIpc) is 3.23. The zero-order valence-electron chi connectivity index (χ0n) is 17.9. The van der Waals surface area contributed by atoms with Crippen LogP contribution in [-0.4, -0.2) is 65.8 Å². The van der Waals surface area contributed by atoms with Crippen LogP contribution < -0.4 is 4.74 Å². The van der Waals surface area contributed by atoms with E-state index in [2.05, 4.69) is 29.2 Å². The lowest BCUT2D eigenvalue weighted by molar-refractivity contribution is -0.181. The molecule has 7 heteroatoms. The first-order chi connectivity index (χ1) is 14.9. The van der Waals surface area contributed by atoms with E-state index in [1.165, 1.54) is 5.56 Å². The van der Waals surface area contributed by atoms with E-state index in [0.717, 1.165) is 28.8 Å². The smallest absolute Gasteiger partial charge is 0.141 e. The van der Waals surface area contributed by atoms with E-state index in [1.54, 1.807) is 0 Å². The molecule has 0 aromatic heterocycles. The standard InChI is InChI=1S/C24H30ClNO5/c1-26(2)12-15-5-3-14(4-6-15)9-16-10-18(17-7-8-30-24(17)22(16)25)20-11-19(28)23(29)21(13-27)31-20/h3-6,10,19-21,23,27-29H,7-9,11-13H2,1-2H3/t19?,20?,21?,23-/m0/s1. The number of rotatable bonds is 6. The van der Waals surface area contributed by atoms with Gasteiger partial charge in [0.15, 0.2) is 0 Å². The number of aliphatic hydroxyl groups excluding tert-OH is 3. The molecule has 0 radical (unpaired) electrons. The molecular formula is C24H30ClNO5. The normalized spacial score (nSPS) is 25.5. The second kappa shape index (κ2) is 9.45. The molecule has 1 saturated heterocycles. The van der Waals surface area contributed by atoms with Gasteiger partial charge >= 0.3 is 0 Å². The fraction of sp³-hybridized carbons (Fsp3) is 0.500. The van der Waals surface area contributed by atoms with Gasteiger partial charge < -0.3 is 29.7 Å². The Morgan fingerprint density at radius 3 is 2.52 bits per heavy atom. The molecule has 2 heterocycles. The Kier molecular flexibility index (Phi) is 6.86. The second-order valence-corrected chi connectivity index (χ2v) is 9.09. The summed E-state index contributed by atoms with van der Waals surface area (Å²) in [6, 6.07) is 10.5. The van der Waals surface area contributed by atoms with Crippen molar-refractivity contribution in [1.82, 2.24) is 4.90 Å². The molecule has 3 N–H and O–H groups in total. The van der Waals surface area contributed by atoms with Gasteiger partial charge in [-0.25, -0.2) is 0 Å². The van der Waals surface area contributed by atoms with Gasteiger partial charge in [-0.1, -0.05) is 41.9 Å². The number of fused-ring (bicyclic) bond motifs is 1. The van der Waals surface area contributed by atoms with E-state index >= 15 is 0 Å². The van der Waals surface area contributed by atoms with Gasteiger partial charge in [-0.2, -0.15) is 0 Å². The molecule has 2 aromatic carbocycles. The van der Waals surface area contributed by atoms with Crippen molar-refractivity contribution in [3.63, 3.8) is 0 Å². The lowest BCUT2D eigenvalue weighted by atomic mass is 9.88. The van der Waals surface area contributed by atoms with Crippen molar-refractivity contribution >= 4 is 11.6 Å². The Balaban J connectivity index is 1.64. The first kappa shape index (κ1) is 22.5. The van der Waals surface area contributed by atoms with Crippen LogP contribution >= 0.6 is 11.6 Å². The van der Waals surface area contributed by atoms with Gasteiger partial charge in [-0.15, -0.1) is 0 Å². The van der Waals surface area contributed by atoms with Crippen LogP contribution in [0.15, 0.2) is 30.3 Å². The third-order valence-corrected chi connectivity index (χ3v) is 6.46. The highest BCUT2D eigenvalue weighted by atomic mass is 35.5. The summed E-state index contributed by atoms with van der Waals surface area (Å²) in [5.41, 5.74) is 5.22. The van der Waals surface area contributed by atoms with E-state index in [-0.39, 0.29) is 13.0 Å². The van der Waals surface area contributed by atoms with Gasteiger partial charge in [-0.3, -0.25) is 0 Å². The van der Waals surface area contributed by atoms with Gasteiger partial charge in [0.05, 0.1) is 30.4 Å². The highest BCUT2D eigenvalue weighted by Gasteiger charge is 2.39. The van der Waals surface area contributed by atoms with Crippen LogP contribution in [0.4, 0.5) is 0 Å². The van der Waals surface area contributed by atoms with E-state index in [9.17, 15) is 15.3 Å². The van der Waals surface area contributed by atoms with Crippen molar-refractivity contribution in [3.05, 3.63) is 63.2 Å². The number of ether oxygens (including phenoxy) is 2. The Labute approximate surface area is 188 Å². The Hall–Kier alpha value is -1.67. The molecule has 2 aromatic rings. The van der Waals surface area contributed by atoms with Crippen LogP contribution in [-0.2, 0) is 24.1 Å². The summed E-state index contributed by atoms with van der Waals surface area (Å²) in [7, 11) is 4.09. The zero-order valence-corrected chi connectivity index (χ0v) is 18.7. The Bertz CT molecular complexity index is 917. The summed E-state index contributed by atoms with van der Waals surface area (Å²) in [5, 5.41) is 30.6. The highest BCUT2D eigenvalue weighted by Crippen LogP contribution is 2.44. The topological polar surface area (TPSA) is 82.4 Å². The van der Waals surface area contributed by atoms with Gasteiger partial charge in [-0.05, 0) is 42.8 Å². The summed E-state index contributed by atoms with van der Waals surface area (Å²) in [4.78, 5) is 2.13. The maximum absolute atomic E-state index is 10.3. The molecule has 3 unspecified atom stereocenters. The summed E-state index contributed by atoms with van der Waals surface area (Å²) in [6.07, 6.45) is -1.71. The lowest BCUT2D eigenvalue weighted by Gasteiger charge is -2.37. The predicted octanol–water partition coefficient (Wildman–Crippen LogP) is 2.47. The maximum Gasteiger partial charge on any atom is 0.141 e. The molecule has 1 fully saturated rings. The maximum atomic E-state index is 10.3. The first-order valence-electron chi connectivity index (χ1n) is 10.7. The molecule has 31 heavy (non-hydrogen) atoms. The van der Waals surface area contributed by atoms with Crippen LogP contribution in [0.2, 0.25) is 5.02 Å². The van der Waals surface area contributed by atoms with Crippen LogP contribution in [0, 0.1) is 0 Å². The summed E-state index contributed by atoms with van der Waals surface area (Å²) in [6.45, 7) is 1.08. The molecule has 2 aliphatic heterocycles. The molecule has 0 spiro atoms. The number of hydrogen-bond acceptors (Lipinski definition) is 6. The van der Waals surface area contributed by atoms with Crippen molar-refractivity contribution < 1.29 is 24.8 Å². The third kappa shape index (κ3) is 4.75. The summed E-state index contributed by atoms with van der Waals surface area (Å²) >= 11 is 6.72. The predicted molar refractivity (Wildman–Crippen MR) is 119 cm³/mol. The van der Waals surface area contributed by atoms with Crippen molar-refractivity contribution in [2.45, 2.75) is 50.2 Å². The number of benzene rings is 2. The average molecular weight is 448 g/mol. The number of aliphatic hydroxyl groups is 3. The minimum absolute atomic E-state index is 0.254. The molecule has 2 aliphatic rings. The van der Waals surface area contributed by atoms with Crippen LogP contribution in [0.5, 0.6) is 5.75 Å². The van der Waals surface area contributed by atoms with Crippen LogP contribution in [0.25, 0.3) is 0 Å². The van der Waals surface area contributed by atoms with Crippen molar-refractivity contribution in [2.24, 2.45) is 0 Å². The van der Waals surface area contributed by atoms with Crippen molar-refractivity contribution in [3.8, 4) is 5.75 Å².